The molecule has 2 aliphatic heterocycles. The summed E-state index contributed by atoms with van der Waals surface area (Å²) in [6.45, 7) is 8.31. The monoisotopic (exact) mass is 693 g/mol. The first-order valence-corrected chi connectivity index (χ1v) is 18.6. The number of urea groups is 1. The maximum Gasteiger partial charge on any atom is 0.324 e. The molecular weight excluding hydrogens is 651 g/mol. The fourth-order valence-electron chi connectivity index (χ4n) is 7.25. The van der Waals surface area contributed by atoms with Gasteiger partial charge in [-0.1, -0.05) is 86.1 Å². The van der Waals surface area contributed by atoms with Gasteiger partial charge >= 0.3 is 6.03 Å². The molecule has 2 bridgehead atoms. The first-order valence-electron chi connectivity index (χ1n) is 17.2. The quantitative estimate of drug-likeness (QED) is 0.166. The number of amides is 2. The van der Waals surface area contributed by atoms with Crippen molar-refractivity contribution in [1.29, 1.82) is 0 Å². The van der Waals surface area contributed by atoms with Crippen molar-refractivity contribution in [3.05, 3.63) is 113 Å². The van der Waals surface area contributed by atoms with Crippen LogP contribution in [0, 0.1) is 12.8 Å². The molecule has 2 fully saturated rings. The Morgan fingerprint density at radius 1 is 0.880 bits per heavy atom. The molecule has 0 radical (unpaired) electrons. The molecule has 260 valence electrons. The van der Waals surface area contributed by atoms with Crippen molar-refractivity contribution < 1.29 is 17.8 Å². The number of hydrogen-bond donors (Lipinski definition) is 2. The molecule has 2 aromatic heterocycles. The molecule has 4 heterocycles. The predicted octanol–water partition coefficient (Wildman–Crippen LogP) is 7.27. The van der Waals surface area contributed by atoms with Gasteiger partial charge in [0.2, 0.25) is 5.03 Å². The van der Waals surface area contributed by atoms with Crippen molar-refractivity contribution in [2.24, 2.45) is 5.92 Å². The Kier molecular flexibility index (Phi) is 9.08. The van der Waals surface area contributed by atoms with E-state index < -0.39 is 10.0 Å². The van der Waals surface area contributed by atoms with E-state index in [0.29, 0.717) is 29.5 Å². The Bertz CT molecular complexity index is 2050. The van der Waals surface area contributed by atoms with Crippen molar-refractivity contribution in [2.75, 3.05) is 10.6 Å². The Morgan fingerprint density at radius 3 is 2.22 bits per heavy atom. The molecule has 2 aliphatic rings. The van der Waals surface area contributed by atoms with Crippen LogP contribution in [0.15, 0.2) is 94.6 Å². The van der Waals surface area contributed by atoms with Gasteiger partial charge in [-0.3, -0.25) is 5.32 Å². The molecule has 3 aromatic carbocycles. The van der Waals surface area contributed by atoms with Gasteiger partial charge in [0.1, 0.15) is 11.5 Å². The largest absolute Gasteiger partial charge is 0.324 e. The number of sulfonamides is 1. The summed E-state index contributed by atoms with van der Waals surface area (Å²) in [5.74, 6) is 0.933. The molecule has 2 unspecified atom stereocenters. The van der Waals surface area contributed by atoms with Crippen molar-refractivity contribution >= 4 is 27.6 Å². The second-order valence-corrected chi connectivity index (χ2v) is 16.4. The van der Waals surface area contributed by atoms with Crippen LogP contribution >= 0.6 is 0 Å². The first-order chi connectivity index (χ1) is 23.9. The van der Waals surface area contributed by atoms with Gasteiger partial charge < -0.3 is 5.32 Å². The Morgan fingerprint density at radius 2 is 1.56 bits per heavy atom. The summed E-state index contributed by atoms with van der Waals surface area (Å²) >= 11 is 0. The molecule has 0 saturated carbocycles. The van der Waals surface area contributed by atoms with Gasteiger partial charge in [0, 0.05) is 35.7 Å². The zero-order valence-corrected chi connectivity index (χ0v) is 29.7. The van der Waals surface area contributed by atoms with Gasteiger partial charge in [0.15, 0.2) is 0 Å². The maximum absolute atomic E-state index is 13.9. The number of nitrogens with zero attached hydrogens (tertiary/aromatic N) is 5. The van der Waals surface area contributed by atoms with Crippen molar-refractivity contribution in [1.82, 2.24) is 24.4 Å². The Labute approximate surface area is 293 Å². The van der Waals surface area contributed by atoms with Crippen LogP contribution in [0.2, 0.25) is 0 Å². The topological polar surface area (TPSA) is 135 Å². The van der Waals surface area contributed by atoms with Crippen molar-refractivity contribution in [3.63, 3.8) is 0 Å². The summed E-state index contributed by atoms with van der Waals surface area (Å²) in [6, 6.07) is 26.9. The molecule has 2 atom stereocenters. The number of fused-ring (bicyclic) bond motifs is 2. The third kappa shape index (κ3) is 7.08. The maximum atomic E-state index is 13.9. The third-order valence-electron chi connectivity index (χ3n) is 9.76. The zero-order valence-electron chi connectivity index (χ0n) is 28.8. The van der Waals surface area contributed by atoms with E-state index in [2.05, 4.69) is 41.7 Å². The van der Waals surface area contributed by atoms with Crippen molar-refractivity contribution in [3.8, 4) is 5.69 Å². The van der Waals surface area contributed by atoms with Crippen LogP contribution in [0.4, 0.5) is 16.3 Å². The second kappa shape index (κ2) is 13.5. The lowest BCUT2D eigenvalue weighted by atomic mass is 9.87. The highest BCUT2D eigenvalue weighted by atomic mass is 32.2. The van der Waals surface area contributed by atoms with Gasteiger partial charge in [-0.15, -0.1) is 0 Å². The lowest BCUT2D eigenvalue weighted by Crippen LogP contribution is -2.47. The average Bonchev–Trinajstić information content (AvgIpc) is 3.80. The minimum Gasteiger partial charge on any atom is -0.308 e. The van der Waals surface area contributed by atoms with E-state index in [1.807, 2.05) is 91.9 Å². The van der Waals surface area contributed by atoms with E-state index in [0.717, 1.165) is 60.2 Å². The third-order valence-corrected chi connectivity index (χ3v) is 11.7. The Balaban J connectivity index is 0.976. The van der Waals surface area contributed by atoms with E-state index in [9.17, 15) is 13.2 Å². The molecule has 2 N–H and O–H groups in total. The molecule has 11 nitrogen and oxygen atoms in total. The van der Waals surface area contributed by atoms with Gasteiger partial charge in [0.05, 0.1) is 11.4 Å². The van der Waals surface area contributed by atoms with Crippen LogP contribution in [0.5, 0.6) is 0 Å². The number of nitrogens with one attached hydrogen (secondary N) is 2. The minimum absolute atomic E-state index is 0.0712. The predicted molar refractivity (Wildman–Crippen MR) is 192 cm³/mol. The minimum atomic E-state index is -3.85. The summed E-state index contributed by atoms with van der Waals surface area (Å²) in [4.78, 5) is 13.1. The normalized spacial score (nSPS) is 19.4. The number of hydrogen-bond acceptors (Lipinski definition) is 7. The van der Waals surface area contributed by atoms with Crippen LogP contribution in [-0.2, 0) is 28.3 Å². The number of carbonyl (C=O) groups is 1. The highest BCUT2D eigenvalue weighted by Gasteiger charge is 2.48. The van der Waals surface area contributed by atoms with Crippen LogP contribution in [0.25, 0.3) is 5.69 Å². The highest BCUT2D eigenvalue weighted by Crippen LogP contribution is 2.43. The number of rotatable bonds is 9. The molecule has 0 aliphatic carbocycles. The van der Waals surface area contributed by atoms with E-state index in [4.69, 9.17) is 9.73 Å². The number of aromatic nitrogens is 4. The standard InChI is InChI=1S/C38H43N7O4S/c1-25-10-16-30(17-11-25)44-35(24-34(41-44)38(2,3)4)40-37(46)39-29-14-12-27(13-15-29)20-28-21-31-18-19-32(22-28)45(31)50(47,48)36-33(42-49-43-36)23-26-8-6-5-7-9-26/h5-17,24,28,31-32H,18-23H2,1-4H3,(H2,39,40,46). The number of benzene rings is 3. The molecule has 2 amide bonds. The molecule has 12 heteroatoms. The van der Waals surface area contributed by atoms with Crippen LogP contribution < -0.4 is 10.6 Å². The molecule has 0 spiro atoms. The average molecular weight is 694 g/mol. The molecule has 5 aromatic rings. The van der Waals surface area contributed by atoms with Gasteiger partial charge in [-0.05, 0) is 85.5 Å². The summed E-state index contributed by atoms with van der Waals surface area (Å²) < 4.78 is 36.2. The molecule has 50 heavy (non-hydrogen) atoms. The summed E-state index contributed by atoms with van der Waals surface area (Å²) in [6.07, 6.45) is 4.40. The first kappa shape index (κ1) is 33.7. The van der Waals surface area contributed by atoms with Gasteiger partial charge in [-0.2, -0.15) is 9.40 Å². The lowest BCUT2D eigenvalue weighted by Gasteiger charge is -2.37. The molecule has 7 rings (SSSR count). The fraction of sp³-hybridized carbons (Fsp3) is 0.368. The van der Waals surface area contributed by atoms with Gasteiger partial charge in [0.25, 0.3) is 10.0 Å². The van der Waals surface area contributed by atoms with E-state index >= 15 is 0 Å². The number of aryl methyl sites for hydroxylation is 1. The van der Waals surface area contributed by atoms with E-state index in [1.165, 1.54) is 0 Å². The number of anilines is 2. The van der Waals surface area contributed by atoms with Crippen molar-refractivity contribution in [2.45, 2.75) is 88.7 Å². The van der Waals surface area contributed by atoms with Crippen LogP contribution in [-0.4, -0.2) is 50.9 Å². The summed E-state index contributed by atoms with van der Waals surface area (Å²) in [7, 11) is -3.85. The van der Waals surface area contributed by atoms with E-state index in [-0.39, 0.29) is 28.6 Å². The Hall–Kier alpha value is -4.81. The van der Waals surface area contributed by atoms with Crippen LogP contribution in [0.3, 0.4) is 0 Å². The van der Waals surface area contributed by atoms with E-state index in [1.54, 1.807) is 8.99 Å². The number of carbonyl (C=O) groups excluding carboxylic acids is 1. The molecular formula is C38H43N7O4S. The lowest BCUT2D eigenvalue weighted by molar-refractivity contribution is 0.188. The smallest absolute Gasteiger partial charge is 0.308 e. The van der Waals surface area contributed by atoms with Crippen LogP contribution in [0.1, 0.15) is 74.5 Å². The fourth-order valence-corrected chi connectivity index (χ4v) is 9.16. The summed E-state index contributed by atoms with van der Waals surface area (Å²) in [5, 5.41) is 18.5. The molecule has 2 saturated heterocycles. The number of piperidine rings is 1. The summed E-state index contributed by atoms with van der Waals surface area (Å²) in [5.41, 5.74) is 5.81. The highest BCUT2D eigenvalue weighted by molar-refractivity contribution is 7.89. The zero-order chi connectivity index (χ0) is 35.0. The van der Waals surface area contributed by atoms with Gasteiger partial charge in [-0.25, -0.2) is 22.5 Å². The second-order valence-electron chi connectivity index (χ2n) is 14.6. The SMILES string of the molecule is Cc1ccc(-n2nc(C(C)(C)C)cc2NC(=O)Nc2ccc(CC3CC4CCC(C3)N4S(=O)(=O)c3nonc3Cc3ccccc3)cc2)cc1.